The Morgan fingerprint density at radius 1 is 1.30 bits per heavy atom. The van der Waals surface area contributed by atoms with Gasteiger partial charge in [0.25, 0.3) is 0 Å². The molecule has 0 amide bonds. The molecule has 0 radical (unpaired) electrons. The fourth-order valence-corrected chi connectivity index (χ4v) is 3.52. The van der Waals surface area contributed by atoms with Crippen molar-refractivity contribution in [3.63, 3.8) is 0 Å². The first-order valence-electron chi connectivity index (χ1n) is 8.13. The minimum Gasteiger partial charge on any atom is -0.310 e. The number of nitrogens with one attached hydrogen (secondary N) is 1. The first-order chi connectivity index (χ1) is 9.79. The average molecular weight is 292 g/mol. The molecule has 1 unspecified atom stereocenters. The summed E-state index contributed by atoms with van der Waals surface area (Å²) >= 11 is 1.77. The standard InChI is InChI=1S/C17H28N2S/c1-3-11-18-17(12-16-13-20-14(2)19-16)15-9-7-5-4-6-8-10-15/h9,13,17-18H,3-8,10-12H2,1-2H3. The number of hydrogen-bond acceptors (Lipinski definition) is 3. The van der Waals surface area contributed by atoms with Crippen molar-refractivity contribution in [1.29, 1.82) is 0 Å². The Kier molecular flexibility index (Phi) is 6.74. The van der Waals surface area contributed by atoms with E-state index in [-0.39, 0.29) is 0 Å². The summed E-state index contributed by atoms with van der Waals surface area (Å²) in [5.74, 6) is 0. The van der Waals surface area contributed by atoms with Crippen molar-refractivity contribution in [2.24, 2.45) is 0 Å². The minimum atomic E-state index is 0.495. The number of hydrogen-bond donors (Lipinski definition) is 1. The van der Waals surface area contributed by atoms with Gasteiger partial charge in [-0.25, -0.2) is 4.98 Å². The molecule has 1 N–H and O–H groups in total. The van der Waals surface area contributed by atoms with Crippen LogP contribution in [0.2, 0.25) is 0 Å². The van der Waals surface area contributed by atoms with E-state index in [1.807, 2.05) is 0 Å². The zero-order chi connectivity index (χ0) is 14.2. The molecule has 0 saturated heterocycles. The van der Waals surface area contributed by atoms with Gasteiger partial charge in [-0.2, -0.15) is 0 Å². The highest BCUT2D eigenvalue weighted by Gasteiger charge is 2.16. The fourth-order valence-electron chi connectivity index (χ4n) is 2.90. The van der Waals surface area contributed by atoms with Crippen LogP contribution in [-0.2, 0) is 6.42 Å². The molecule has 112 valence electrons. The Morgan fingerprint density at radius 2 is 2.15 bits per heavy atom. The van der Waals surface area contributed by atoms with Gasteiger partial charge in [0.15, 0.2) is 0 Å². The molecule has 20 heavy (non-hydrogen) atoms. The van der Waals surface area contributed by atoms with E-state index in [0.29, 0.717) is 6.04 Å². The van der Waals surface area contributed by atoms with Crippen LogP contribution >= 0.6 is 11.3 Å². The highest BCUT2D eigenvalue weighted by Crippen LogP contribution is 2.22. The van der Waals surface area contributed by atoms with E-state index in [4.69, 9.17) is 0 Å². The third-order valence-electron chi connectivity index (χ3n) is 3.99. The summed E-state index contributed by atoms with van der Waals surface area (Å²) in [6, 6.07) is 0.495. The summed E-state index contributed by atoms with van der Waals surface area (Å²) in [4.78, 5) is 4.65. The summed E-state index contributed by atoms with van der Waals surface area (Å²) in [5, 5.41) is 7.14. The average Bonchev–Trinajstić information content (AvgIpc) is 2.80. The maximum absolute atomic E-state index is 4.65. The summed E-state index contributed by atoms with van der Waals surface area (Å²) in [6.07, 6.45) is 12.8. The maximum atomic E-state index is 4.65. The van der Waals surface area contributed by atoms with Crippen molar-refractivity contribution >= 4 is 11.3 Å². The molecule has 0 fully saturated rings. The molecule has 1 aromatic heterocycles. The lowest BCUT2D eigenvalue weighted by Crippen LogP contribution is -2.34. The van der Waals surface area contributed by atoms with E-state index in [1.165, 1.54) is 55.6 Å². The van der Waals surface area contributed by atoms with Gasteiger partial charge in [0.1, 0.15) is 0 Å². The Hall–Kier alpha value is -0.670. The molecule has 1 atom stereocenters. The second kappa shape index (κ2) is 8.58. The molecule has 0 aliphatic heterocycles. The van der Waals surface area contributed by atoms with E-state index in [9.17, 15) is 0 Å². The van der Waals surface area contributed by atoms with Crippen LogP contribution in [0.5, 0.6) is 0 Å². The van der Waals surface area contributed by atoms with E-state index >= 15 is 0 Å². The molecule has 2 nitrogen and oxygen atoms in total. The Balaban J connectivity index is 2.04. The van der Waals surface area contributed by atoms with Gasteiger partial charge < -0.3 is 5.32 Å². The predicted molar refractivity (Wildman–Crippen MR) is 88.4 cm³/mol. The van der Waals surface area contributed by atoms with Gasteiger partial charge in [-0.3, -0.25) is 0 Å². The van der Waals surface area contributed by atoms with Crippen molar-refractivity contribution in [2.45, 2.75) is 71.3 Å². The second-order valence-electron chi connectivity index (χ2n) is 5.80. The van der Waals surface area contributed by atoms with Crippen LogP contribution in [-0.4, -0.2) is 17.6 Å². The number of allylic oxidation sites excluding steroid dienone is 1. The number of rotatable bonds is 6. The zero-order valence-corrected chi connectivity index (χ0v) is 13.8. The topological polar surface area (TPSA) is 24.9 Å². The number of nitrogens with zero attached hydrogens (tertiary/aromatic N) is 1. The number of aryl methyl sites for hydroxylation is 1. The molecular formula is C17H28N2S. The van der Waals surface area contributed by atoms with Gasteiger partial charge in [-0.05, 0) is 45.6 Å². The van der Waals surface area contributed by atoms with Crippen LogP contribution in [0.3, 0.4) is 0 Å². The van der Waals surface area contributed by atoms with E-state index in [0.717, 1.165) is 13.0 Å². The van der Waals surface area contributed by atoms with Crippen LogP contribution in [0.4, 0.5) is 0 Å². The second-order valence-corrected chi connectivity index (χ2v) is 6.86. The lowest BCUT2D eigenvalue weighted by molar-refractivity contribution is 0.520. The van der Waals surface area contributed by atoms with Crippen LogP contribution < -0.4 is 5.32 Å². The smallest absolute Gasteiger partial charge is 0.0897 e. The van der Waals surface area contributed by atoms with Crippen molar-refractivity contribution < 1.29 is 0 Å². The van der Waals surface area contributed by atoms with Gasteiger partial charge in [0.2, 0.25) is 0 Å². The number of aromatic nitrogens is 1. The monoisotopic (exact) mass is 292 g/mol. The molecule has 0 bridgehead atoms. The van der Waals surface area contributed by atoms with Crippen LogP contribution in [0, 0.1) is 6.92 Å². The van der Waals surface area contributed by atoms with Crippen molar-refractivity contribution in [3.05, 3.63) is 27.7 Å². The van der Waals surface area contributed by atoms with Gasteiger partial charge in [-0.15, -0.1) is 11.3 Å². The predicted octanol–water partition coefficient (Wildman–Crippen LogP) is 4.64. The van der Waals surface area contributed by atoms with Crippen molar-refractivity contribution in [3.8, 4) is 0 Å². The molecule has 0 spiro atoms. The third-order valence-corrected chi connectivity index (χ3v) is 4.82. The molecule has 1 heterocycles. The van der Waals surface area contributed by atoms with Gasteiger partial charge in [0.05, 0.1) is 10.7 Å². The van der Waals surface area contributed by atoms with Gasteiger partial charge in [-0.1, -0.05) is 31.4 Å². The summed E-state index contributed by atoms with van der Waals surface area (Å²) < 4.78 is 0. The zero-order valence-electron chi connectivity index (χ0n) is 13.0. The SMILES string of the molecule is CCCNC(Cc1csc(C)n1)C1=CCCCCCC1. The summed E-state index contributed by atoms with van der Waals surface area (Å²) in [7, 11) is 0. The normalized spacial score (nSPS) is 18.2. The van der Waals surface area contributed by atoms with Crippen molar-refractivity contribution in [1.82, 2.24) is 10.3 Å². The summed E-state index contributed by atoms with van der Waals surface area (Å²) in [6.45, 7) is 5.44. The molecular weight excluding hydrogens is 264 g/mol. The molecule has 1 aromatic rings. The van der Waals surface area contributed by atoms with E-state index in [1.54, 1.807) is 16.9 Å². The highest BCUT2D eigenvalue weighted by molar-refractivity contribution is 7.09. The first-order valence-corrected chi connectivity index (χ1v) is 9.01. The molecule has 1 aliphatic carbocycles. The fraction of sp³-hybridized carbons (Fsp3) is 0.706. The van der Waals surface area contributed by atoms with Gasteiger partial charge in [0, 0.05) is 17.8 Å². The Labute approximate surface area is 127 Å². The van der Waals surface area contributed by atoms with Gasteiger partial charge >= 0.3 is 0 Å². The summed E-state index contributed by atoms with van der Waals surface area (Å²) in [5.41, 5.74) is 2.88. The third kappa shape index (κ3) is 5.02. The van der Waals surface area contributed by atoms with E-state index < -0.39 is 0 Å². The molecule has 0 aromatic carbocycles. The quantitative estimate of drug-likeness (QED) is 0.772. The largest absolute Gasteiger partial charge is 0.310 e. The molecule has 1 aliphatic rings. The Bertz CT molecular complexity index is 422. The van der Waals surface area contributed by atoms with Crippen LogP contribution in [0.15, 0.2) is 17.0 Å². The van der Waals surface area contributed by atoms with Crippen LogP contribution in [0.25, 0.3) is 0 Å². The maximum Gasteiger partial charge on any atom is 0.0897 e. The lowest BCUT2D eigenvalue weighted by Gasteiger charge is -2.23. The molecule has 0 saturated carbocycles. The highest BCUT2D eigenvalue weighted by atomic mass is 32.1. The minimum absolute atomic E-state index is 0.495. The molecule has 3 heteroatoms. The van der Waals surface area contributed by atoms with E-state index in [2.05, 4.69) is 35.6 Å². The van der Waals surface area contributed by atoms with Crippen LogP contribution in [0.1, 0.15) is 62.6 Å². The number of thiazole rings is 1. The lowest BCUT2D eigenvalue weighted by atomic mass is 9.92. The Morgan fingerprint density at radius 3 is 2.90 bits per heavy atom. The molecule has 2 rings (SSSR count). The first kappa shape index (κ1) is 15.7. The van der Waals surface area contributed by atoms with Crippen molar-refractivity contribution in [2.75, 3.05) is 6.54 Å².